The van der Waals surface area contributed by atoms with Crippen LogP contribution in [0.2, 0.25) is 0 Å². The summed E-state index contributed by atoms with van der Waals surface area (Å²) in [6.45, 7) is 5.43. The lowest BCUT2D eigenvalue weighted by molar-refractivity contribution is 0.757. The molecule has 1 aromatic heterocycles. The van der Waals surface area contributed by atoms with Crippen LogP contribution in [-0.2, 0) is 6.42 Å². The van der Waals surface area contributed by atoms with Crippen molar-refractivity contribution in [3.63, 3.8) is 0 Å². The Morgan fingerprint density at radius 2 is 1.73 bits per heavy atom. The second kappa shape index (κ2) is 5.59. The van der Waals surface area contributed by atoms with Crippen molar-refractivity contribution in [3.05, 3.63) is 41.7 Å². The Kier molecular flexibility index (Phi) is 3.45. The molecule has 0 atom stereocenters. The van der Waals surface area contributed by atoms with Crippen LogP contribution in [0.5, 0.6) is 0 Å². The molecule has 114 valence electrons. The normalized spacial score (nSPS) is 17.7. The maximum atomic E-state index is 4.54. The molecule has 4 nitrogen and oxygen atoms in total. The first-order chi connectivity index (χ1) is 10.8. The highest BCUT2D eigenvalue weighted by molar-refractivity contribution is 5.67. The number of hydrogen-bond donors (Lipinski definition) is 0. The molecule has 2 aromatic rings. The van der Waals surface area contributed by atoms with Crippen LogP contribution in [0.1, 0.15) is 30.4 Å². The van der Waals surface area contributed by atoms with Gasteiger partial charge >= 0.3 is 0 Å². The van der Waals surface area contributed by atoms with E-state index in [-0.39, 0.29) is 0 Å². The van der Waals surface area contributed by atoms with Crippen molar-refractivity contribution < 1.29 is 0 Å². The highest BCUT2D eigenvalue weighted by Crippen LogP contribution is 2.34. The Hall–Kier alpha value is -2.10. The molecule has 0 spiro atoms. The van der Waals surface area contributed by atoms with E-state index >= 15 is 0 Å². The van der Waals surface area contributed by atoms with E-state index in [1.165, 1.54) is 36.1 Å². The van der Waals surface area contributed by atoms with E-state index in [1.54, 1.807) is 6.33 Å². The summed E-state index contributed by atoms with van der Waals surface area (Å²) in [5.74, 6) is 2.10. The van der Waals surface area contributed by atoms with Crippen LogP contribution in [0.15, 0.2) is 30.6 Å². The molecule has 0 aliphatic carbocycles. The van der Waals surface area contributed by atoms with Crippen molar-refractivity contribution in [2.24, 2.45) is 0 Å². The summed E-state index contributed by atoms with van der Waals surface area (Å²) < 4.78 is 0. The van der Waals surface area contributed by atoms with E-state index in [0.29, 0.717) is 0 Å². The maximum absolute atomic E-state index is 4.54. The van der Waals surface area contributed by atoms with E-state index < -0.39 is 0 Å². The molecule has 22 heavy (non-hydrogen) atoms. The Labute approximate surface area is 131 Å². The average Bonchev–Trinajstić information content (AvgIpc) is 3.08. The topological polar surface area (TPSA) is 32.3 Å². The third-order valence-corrected chi connectivity index (χ3v) is 4.70. The largest absolute Gasteiger partial charge is 0.356 e. The van der Waals surface area contributed by atoms with Crippen molar-refractivity contribution in [1.29, 1.82) is 0 Å². The van der Waals surface area contributed by atoms with E-state index in [2.05, 4.69) is 51.0 Å². The van der Waals surface area contributed by atoms with E-state index in [4.69, 9.17) is 0 Å². The molecular weight excluding hydrogens is 272 g/mol. The fourth-order valence-electron chi connectivity index (χ4n) is 3.57. The first kappa shape index (κ1) is 13.6. The maximum Gasteiger partial charge on any atom is 0.138 e. The Morgan fingerprint density at radius 1 is 0.909 bits per heavy atom. The van der Waals surface area contributed by atoms with Gasteiger partial charge in [-0.1, -0.05) is 17.7 Å². The number of rotatable bonds is 2. The fourth-order valence-corrected chi connectivity index (χ4v) is 3.57. The van der Waals surface area contributed by atoms with Gasteiger partial charge in [-0.25, -0.2) is 9.97 Å². The van der Waals surface area contributed by atoms with Crippen LogP contribution in [0.25, 0.3) is 0 Å². The molecule has 1 saturated heterocycles. The van der Waals surface area contributed by atoms with Crippen molar-refractivity contribution in [2.45, 2.75) is 32.6 Å². The van der Waals surface area contributed by atoms with E-state index in [9.17, 15) is 0 Å². The number of aromatic nitrogens is 2. The average molecular weight is 294 g/mol. The predicted octanol–water partition coefficient (Wildman–Crippen LogP) is 3.47. The van der Waals surface area contributed by atoms with Crippen LogP contribution < -0.4 is 9.80 Å². The number of hydrogen-bond acceptors (Lipinski definition) is 4. The fraction of sp³-hybridized carbons (Fsp3) is 0.444. The lowest BCUT2D eigenvalue weighted by Gasteiger charge is -2.31. The Bertz CT molecular complexity index is 677. The van der Waals surface area contributed by atoms with Crippen molar-refractivity contribution in [2.75, 3.05) is 29.4 Å². The molecule has 0 saturated carbocycles. The summed E-state index contributed by atoms with van der Waals surface area (Å²) in [5.41, 5.74) is 4.08. The third-order valence-electron chi connectivity index (χ3n) is 4.70. The SMILES string of the molecule is Cc1ccc2c(c1)CCCN2c1cc(N2CCCC2)ncn1. The van der Waals surface area contributed by atoms with Gasteiger partial charge < -0.3 is 9.80 Å². The second-order valence-corrected chi connectivity index (χ2v) is 6.32. The third kappa shape index (κ3) is 2.43. The van der Waals surface area contributed by atoms with Crippen LogP contribution in [-0.4, -0.2) is 29.6 Å². The van der Waals surface area contributed by atoms with Gasteiger partial charge in [-0.2, -0.15) is 0 Å². The Morgan fingerprint density at radius 3 is 2.59 bits per heavy atom. The molecule has 0 radical (unpaired) electrons. The smallest absolute Gasteiger partial charge is 0.138 e. The molecule has 2 aliphatic heterocycles. The van der Waals surface area contributed by atoms with Crippen LogP contribution in [0.4, 0.5) is 17.3 Å². The highest BCUT2D eigenvalue weighted by Gasteiger charge is 2.21. The number of anilines is 3. The van der Waals surface area contributed by atoms with Crippen LogP contribution in [0, 0.1) is 6.92 Å². The first-order valence-electron chi connectivity index (χ1n) is 8.25. The van der Waals surface area contributed by atoms with Crippen LogP contribution in [0.3, 0.4) is 0 Å². The van der Waals surface area contributed by atoms with Crippen LogP contribution >= 0.6 is 0 Å². The summed E-state index contributed by atoms with van der Waals surface area (Å²) in [7, 11) is 0. The molecule has 1 fully saturated rings. The van der Waals surface area contributed by atoms with Gasteiger partial charge in [0.15, 0.2) is 0 Å². The first-order valence-corrected chi connectivity index (χ1v) is 8.25. The zero-order valence-electron chi connectivity index (χ0n) is 13.1. The van der Waals surface area contributed by atoms with Gasteiger partial charge in [0.1, 0.15) is 18.0 Å². The molecule has 2 aliphatic rings. The number of aryl methyl sites for hydroxylation is 2. The van der Waals surface area contributed by atoms with Crippen molar-refractivity contribution in [3.8, 4) is 0 Å². The quantitative estimate of drug-likeness (QED) is 0.849. The summed E-state index contributed by atoms with van der Waals surface area (Å²) in [5, 5.41) is 0. The Balaban J connectivity index is 1.69. The zero-order chi connectivity index (χ0) is 14.9. The van der Waals surface area contributed by atoms with E-state index in [0.717, 1.165) is 37.7 Å². The number of nitrogens with zero attached hydrogens (tertiary/aromatic N) is 4. The second-order valence-electron chi connectivity index (χ2n) is 6.32. The minimum absolute atomic E-state index is 1.03. The molecule has 0 N–H and O–H groups in total. The van der Waals surface area contributed by atoms with Gasteiger partial charge in [0.2, 0.25) is 0 Å². The predicted molar refractivity (Wildman–Crippen MR) is 90.0 cm³/mol. The minimum Gasteiger partial charge on any atom is -0.356 e. The lowest BCUT2D eigenvalue weighted by Crippen LogP contribution is -2.26. The summed E-state index contributed by atoms with van der Waals surface area (Å²) in [4.78, 5) is 13.7. The minimum atomic E-state index is 1.03. The van der Waals surface area contributed by atoms with Crippen molar-refractivity contribution in [1.82, 2.24) is 9.97 Å². The van der Waals surface area contributed by atoms with Gasteiger partial charge in [0.25, 0.3) is 0 Å². The number of fused-ring (bicyclic) bond motifs is 1. The standard InChI is InChI=1S/C18H22N4/c1-14-6-7-16-15(11-14)5-4-10-22(16)18-12-17(19-13-20-18)21-8-2-3-9-21/h6-7,11-13H,2-5,8-10H2,1H3. The molecule has 3 heterocycles. The summed E-state index contributed by atoms with van der Waals surface area (Å²) in [6.07, 6.45) is 6.60. The van der Waals surface area contributed by atoms with Crippen molar-refractivity contribution >= 4 is 17.3 Å². The highest BCUT2D eigenvalue weighted by atomic mass is 15.2. The molecule has 0 amide bonds. The summed E-state index contributed by atoms with van der Waals surface area (Å²) >= 11 is 0. The molecule has 0 bridgehead atoms. The zero-order valence-corrected chi connectivity index (χ0v) is 13.1. The summed E-state index contributed by atoms with van der Waals surface area (Å²) in [6, 6.07) is 8.89. The van der Waals surface area contributed by atoms with Gasteiger partial charge in [0.05, 0.1) is 0 Å². The van der Waals surface area contributed by atoms with E-state index in [1.807, 2.05) is 0 Å². The van der Waals surface area contributed by atoms with Gasteiger partial charge in [-0.3, -0.25) is 0 Å². The van der Waals surface area contributed by atoms with Gasteiger partial charge in [-0.15, -0.1) is 0 Å². The molecular formula is C18H22N4. The molecule has 1 aromatic carbocycles. The molecule has 4 rings (SSSR count). The van der Waals surface area contributed by atoms with Gasteiger partial charge in [-0.05, 0) is 44.2 Å². The monoisotopic (exact) mass is 294 g/mol. The number of benzene rings is 1. The molecule has 0 unspecified atom stereocenters. The molecule has 4 heteroatoms. The lowest BCUT2D eigenvalue weighted by atomic mass is 9.99. The van der Waals surface area contributed by atoms with Gasteiger partial charge in [0, 0.05) is 31.4 Å².